The third-order valence-corrected chi connectivity index (χ3v) is 3.68. The molecule has 2 aromatic rings. The molecule has 4 nitrogen and oxygen atoms in total. The number of aliphatic hydroxyl groups is 1. The van der Waals surface area contributed by atoms with Crippen molar-refractivity contribution in [1.82, 2.24) is 5.32 Å². The molecule has 0 saturated heterocycles. The monoisotopic (exact) mass is 339 g/mol. The quantitative estimate of drug-likeness (QED) is 0.878. The minimum atomic E-state index is -0.221. The molecule has 0 saturated carbocycles. The van der Waals surface area contributed by atoms with Crippen molar-refractivity contribution in [3.05, 3.63) is 34.0 Å². The molecule has 0 radical (unpaired) electrons. The van der Waals surface area contributed by atoms with E-state index in [0.29, 0.717) is 18.7 Å². The van der Waals surface area contributed by atoms with Gasteiger partial charge in [0.25, 0.3) is 5.91 Å². The number of amides is 1. The van der Waals surface area contributed by atoms with Crippen molar-refractivity contribution < 1.29 is 14.3 Å². The zero-order valence-corrected chi connectivity index (χ0v) is 13.2. The number of fused-ring (bicyclic) bond motifs is 1. The Hall–Kier alpha value is -1.33. The maximum atomic E-state index is 12.0. The summed E-state index contributed by atoms with van der Waals surface area (Å²) >= 11 is 3.43. The number of furan rings is 1. The molecule has 5 heteroatoms. The molecule has 108 valence electrons. The Bertz CT molecular complexity index is 621. The first kappa shape index (κ1) is 15.1. The zero-order chi connectivity index (χ0) is 14.7. The fourth-order valence-electron chi connectivity index (χ4n) is 2.07. The lowest BCUT2D eigenvalue weighted by molar-refractivity contribution is 0.0920. The second-order valence-electron chi connectivity index (χ2n) is 5.08. The van der Waals surface area contributed by atoms with Gasteiger partial charge in [-0.15, -0.1) is 0 Å². The number of hydrogen-bond acceptors (Lipinski definition) is 3. The molecule has 0 spiro atoms. The molecule has 0 fully saturated rings. The lowest BCUT2D eigenvalue weighted by atomic mass is 10.1. The molecule has 1 heterocycles. The summed E-state index contributed by atoms with van der Waals surface area (Å²) in [6.45, 7) is 4.59. The number of hydrogen-bond donors (Lipinski definition) is 2. The van der Waals surface area contributed by atoms with Crippen LogP contribution in [-0.4, -0.2) is 24.2 Å². The van der Waals surface area contributed by atoms with E-state index in [2.05, 4.69) is 21.2 Å². The summed E-state index contributed by atoms with van der Waals surface area (Å²) in [5.74, 6) is 0.336. The van der Waals surface area contributed by atoms with Crippen LogP contribution in [0.5, 0.6) is 0 Å². The lowest BCUT2D eigenvalue weighted by Gasteiger charge is -2.09. The number of nitrogens with one attached hydrogen (secondary N) is 1. The fourth-order valence-corrected chi connectivity index (χ4v) is 2.66. The highest BCUT2D eigenvalue weighted by molar-refractivity contribution is 9.10. The predicted octanol–water partition coefficient (Wildman–Crippen LogP) is 3.25. The van der Waals surface area contributed by atoms with E-state index >= 15 is 0 Å². The van der Waals surface area contributed by atoms with Crippen LogP contribution in [0.15, 0.2) is 27.1 Å². The number of halogens is 1. The second kappa shape index (κ2) is 6.41. The number of rotatable bonds is 5. The number of carbonyl (C=O) groups is 1. The minimum absolute atomic E-state index is 0.134. The van der Waals surface area contributed by atoms with Gasteiger partial charge in [0.2, 0.25) is 0 Å². The van der Waals surface area contributed by atoms with Crippen molar-refractivity contribution in [3.8, 4) is 0 Å². The summed E-state index contributed by atoms with van der Waals surface area (Å²) in [5, 5.41) is 12.6. The smallest absolute Gasteiger partial charge is 0.287 e. The minimum Gasteiger partial charge on any atom is -0.451 e. The maximum absolute atomic E-state index is 12.0. The van der Waals surface area contributed by atoms with E-state index in [1.54, 1.807) is 6.07 Å². The summed E-state index contributed by atoms with van der Waals surface area (Å²) in [5.41, 5.74) is 1.73. The van der Waals surface area contributed by atoms with E-state index in [-0.39, 0.29) is 18.4 Å². The van der Waals surface area contributed by atoms with Crippen molar-refractivity contribution in [2.75, 3.05) is 13.2 Å². The fraction of sp³-hybridized carbons (Fsp3) is 0.400. The number of benzene rings is 1. The van der Waals surface area contributed by atoms with Crippen molar-refractivity contribution in [3.63, 3.8) is 0 Å². The van der Waals surface area contributed by atoms with Crippen LogP contribution >= 0.6 is 15.9 Å². The van der Waals surface area contributed by atoms with Crippen LogP contribution in [-0.2, 0) is 0 Å². The standard InChI is InChI=1S/C15H18BrNO3/c1-9(3-4-18)8-17-15(19)13-7-11-6-12(16)5-10(2)14(11)20-13/h5-7,9,18H,3-4,8H2,1-2H3,(H,17,19)/t9-/m0/s1. The van der Waals surface area contributed by atoms with Gasteiger partial charge in [0.15, 0.2) is 5.76 Å². The Morgan fingerprint density at radius 3 is 2.90 bits per heavy atom. The van der Waals surface area contributed by atoms with Crippen LogP contribution < -0.4 is 5.32 Å². The van der Waals surface area contributed by atoms with Gasteiger partial charge in [0.05, 0.1) is 0 Å². The van der Waals surface area contributed by atoms with E-state index < -0.39 is 0 Å². The number of aryl methyl sites for hydroxylation is 1. The highest BCUT2D eigenvalue weighted by Crippen LogP contribution is 2.26. The second-order valence-corrected chi connectivity index (χ2v) is 5.99. The van der Waals surface area contributed by atoms with Crippen LogP contribution in [0.4, 0.5) is 0 Å². The van der Waals surface area contributed by atoms with Gasteiger partial charge in [0, 0.05) is 23.0 Å². The average Bonchev–Trinajstić information content (AvgIpc) is 2.80. The highest BCUT2D eigenvalue weighted by atomic mass is 79.9. The van der Waals surface area contributed by atoms with E-state index in [4.69, 9.17) is 9.52 Å². The van der Waals surface area contributed by atoms with Gasteiger partial charge in [-0.1, -0.05) is 22.9 Å². The van der Waals surface area contributed by atoms with Gasteiger partial charge in [0.1, 0.15) is 5.58 Å². The van der Waals surface area contributed by atoms with Crippen LogP contribution in [0.25, 0.3) is 11.0 Å². The molecule has 20 heavy (non-hydrogen) atoms. The number of aliphatic hydroxyl groups excluding tert-OH is 1. The molecule has 1 atom stereocenters. The van der Waals surface area contributed by atoms with Crippen molar-refractivity contribution in [1.29, 1.82) is 0 Å². The SMILES string of the molecule is Cc1cc(Br)cc2cc(C(=O)NC[C@@H](C)CCO)oc12. The molecular formula is C15H18BrNO3. The van der Waals surface area contributed by atoms with E-state index in [1.165, 1.54) is 0 Å². The van der Waals surface area contributed by atoms with Crippen LogP contribution in [0.3, 0.4) is 0 Å². The Labute approximate surface area is 126 Å². The van der Waals surface area contributed by atoms with E-state index in [9.17, 15) is 4.79 Å². The first-order chi connectivity index (χ1) is 9.51. The van der Waals surface area contributed by atoms with Gasteiger partial charge in [-0.05, 0) is 43.0 Å². The first-order valence-electron chi connectivity index (χ1n) is 6.60. The largest absolute Gasteiger partial charge is 0.451 e. The topological polar surface area (TPSA) is 62.5 Å². The highest BCUT2D eigenvalue weighted by Gasteiger charge is 2.14. The zero-order valence-electron chi connectivity index (χ0n) is 11.6. The molecule has 0 aliphatic carbocycles. The van der Waals surface area contributed by atoms with Crippen molar-refractivity contribution in [2.45, 2.75) is 20.3 Å². The summed E-state index contributed by atoms with van der Waals surface area (Å²) in [6.07, 6.45) is 0.673. The molecule has 0 aliphatic rings. The van der Waals surface area contributed by atoms with Crippen LogP contribution in [0.2, 0.25) is 0 Å². The Morgan fingerprint density at radius 2 is 2.20 bits per heavy atom. The number of carbonyl (C=O) groups excluding carboxylic acids is 1. The third kappa shape index (κ3) is 3.41. The molecule has 0 unspecified atom stereocenters. The Morgan fingerprint density at radius 1 is 1.45 bits per heavy atom. The average molecular weight is 340 g/mol. The molecule has 1 aromatic heterocycles. The molecule has 0 aliphatic heterocycles. The van der Waals surface area contributed by atoms with Crippen molar-refractivity contribution >= 4 is 32.8 Å². The first-order valence-corrected chi connectivity index (χ1v) is 7.39. The molecule has 2 N–H and O–H groups in total. The molecular weight excluding hydrogens is 322 g/mol. The Balaban J connectivity index is 2.13. The molecule has 2 rings (SSSR count). The summed E-state index contributed by atoms with van der Waals surface area (Å²) < 4.78 is 6.59. The Kier molecular flexibility index (Phi) is 4.83. The lowest BCUT2D eigenvalue weighted by Crippen LogP contribution is -2.28. The summed E-state index contributed by atoms with van der Waals surface area (Å²) in [7, 11) is 0. The maximum Gasteiger partial charge on any atom is 0.287 e. The van der Waals surface area contributed by atoms with Crippen LogP contribution in [0, 0.1) is 12.8 Å². The molecule has 1 amide bonds. The van der Waals surface area contributed by atoms with Crippen molar-refractivity contribution in [2.24, 2.45) is 5.92 Å². The van der Waals surface area contributed by atoms with Gasteiger partial charge in [-0.25, -0.2) is 0 Å². The van der Waals surface area contributed by atoms with Gasteiger partial charge in [-0.3, -0.25) is 4.79 Å². The summed E-state index contributed by atoms with van der Waals surface area (Å²) in [4.78, 5) is 12.0. The predicted molar refractivity (Wildman–Crippen MR) is 81.9 cm³/mol. The summed E-state index contributed by atoms with van der Waals surface area (Å²) in [6, 6.07) is 5.63. The van der Waals surface area contributed by atoms with E-state index in [1.807, 2.05) is 26.0 Å². The van der Waals surface area contributed by atoms with E-state index in [0.717, 1.165) is 21.0 Å². The van der Waals surface area contributed by atoms with Gasteiger partial charge >= 0.3 is 0 Å². The molecule has 0 bridgehead atoms. The normalized spacial score (nSPS) is 12.6. The van der Waals surface area contributed by atoms with Gasteiger partial charge < -0.3 is 14.8 Å². The molecule has 1 aromatic carbocycles. The van der Waals surface area contributed by atoms with Crippen LogP contribution in [0.1, 0.15) is 29.5 Å². The third-order valence-electron chi connectivity index (χ3n) is 3.22. The van der Waals surface area contributed by atoms with Gasteiger partial charge in [-0.2, -0.15) is 0 Å².